The first-order valence-corrected chi connectivity index (χ1v) is 10.2. The maximum atomic E-state index is 12.7. The van der Waals surface area contributed by atoms with E-state index in [2.05, 4.69) is 16.2 Å². The molecule has 0 spiro atoms. The molecule has 1 fully saturated rings. The van der Waals surface area contributed by atoms with Gasteiger partial charge in [0, 0.05) is 36.7 Å². The van der Waals surface area contributed by atoms with Gasteiger partial charge in [-0.15, -0.1) is 0 Å². The minimum absolute atomic E-state index is 0.152. The lowest BCUT2D eigenvalue weighted by Crippen LogP contribution is -2.29. The van der Waals surface area contributed by atoms with Gasteiger partial charge >= 0.3 is 0 Å². The highest BCUT2D eigenvalue weighted by molar-refractivity contribution is 6.01. The fourth-order valence-corrected chi connectivity index (χ4v) is 3.75. The van der Waals surface area contributed by atoms with Crippen LogP contribution in [0.3, 0.4) is 0 Å². The van der Waals surface area contributed by atoms with Gasteiger partial charge in [-0.3, -0.25) is 9.48 Å². The predicted molar refractivity (Wildman–Crippen MR) is 109 cm³/mol. The van der Waals surface area contributed by atoms with Crippen molar-refractivity contribution >= 4 is 16.7 Å². The Kier molecular flexibility index (Phi) is 6.33. The summed E-state index contributed by atoms with van der Waals surface area (Å²) in [5.74, 6) is 0.878. The number of piperidine rings is 1. The molecule has 27 heavy (non-hydrogen) atoms. The van der Waals surface area contributed by atoms with Crippen molar-refractivity contribution in [3.8, 4) is 0 Å². The van der Waals surface area contributed by atoms with Crippen molar-refractivity contribution in [2.45, 2.75) is 65.5 Å². The number of nitrogens with one attached hydrogen (secondary N) is 1. The Morgan fingerprint density at radius 2 is 2.04 bits per heavy atom. The lowest BCUT2D eigenvalue weighted by atomic mass is 9.98. The molecule has 1 aromatic carbocycles. The third kappa shape index (κ3) is 5.39. The number of aryl methyl sites for hydroxylation is 1. The second-order valence-corrected chi connectivity index (χ2v) is 8.70. The highest BCUT2D eigenvalue weighted by Crippen LogP contribution is 2.24. The minimum Gasteiger partial charge on any atom is -0.376 e. The van der Waals surface area contributed by atoms with E-state index in [0.717, 1.165) is 48.1 Å². The summed E-state index contributed by atoms with van der Waals surface area (Å²) >= 11 is 0. The minimum atomic E-state index is -0.152. The summed E-state index contributed by atoms with van der Waals surface area (Å²) < 4.78 is 7.79. The number of ketones is 1. The topological polar surface area (TPSA) is 56.1 Å². The maximum absolute atomic E-state index is 12.7. The van der Waals surface area contributed by atoms with Crippen LogP contribution in [0.25, 0.3) is 10.9 Å². The van der Waals surface area contributed by atoms with Crippen molar-refractivity contribution in [1.82, 2.24) is 15.1 Å². The number of aromatic nitrogens is 2. The molecule has 5 heteroatoms. The Morgan fingerprint density at radius 3 is 2.74 bits per heavy atom. The molecule has 1 aliphatic heterocycles. The molecule has 0 atom stereocenters. The Hall–Kier alpha value is -1.72. The summed E-state index contributed by atoms with van der Waals surface area (Å²) in [5.41, 5.74) is 2.69. The zero-order chi connectivity index (χ0) is 19.4. The van der Waals surface area contributed by atoms with Crippen molar-refractivity contribution in [2.75, 3.05) is 19.7 Å². The van der Waals surface area contributed by atoms with Crippen LogP contribution in [0.4, 0.5) is 0 Å². The molecule has 2 aromatic rings. The molecule has 1 N–H and O–H groups in total. The molecular weight excluding hydrogens is 338 g/mol. The highest BCUT2D eigenvalue weighted by Gasteiger charge is 2.17. The largest absolute Gasteiger partial charge is 0.376 e. The van der Waals surface area contributed by atoms with Crippen molar-refractivity contribution in [1.29, 1.82) is 0 Å². The summed E-state index contributed by atoms with van der Waals surface area (Å²) in [7, 11) is 0. The molecule has 0 unspecified atom stereocenters. The van der Waals surface area contributed by atoms with Gasteiger partial charge in [0.05, 0.1) is 11.1 Å². The lowest BCUT2D eigenvalue weighted by molar-refractivity contribution is -0.00430. The van der Waals surface area contributed by atoms with E-state index in [4.69, 9.17) is 9.84 Å². The number of hydrogen-bond donors (Lipinski definition) is 1. The van der Waals surface area contributed by atoms with Crippen LogP contribution in [-0.2, 0) is 11.3 Å². The molecule has 1 aliphatic rings. The van der Waals surface area contributed by atoms with Crippen LogP contribution >= 0.6 is 0 Å². The Bertz CT molecular complexity index is 783. The molecule has 0 bridgehead atoms. The zero-order valence-electron chi connectivity index (χ0n) is 17.2. The second kappa shape index (κ2) is 8.53. The summed E-state index contributed by atoms with van der Waals surface area (Å²) in [4.78, 5) is 12.7. The van der Waals surface area contributed by atoms with Crippen LogP contribution < -0.4 is 5.32 Å². The second-order valence-electron chi connectivity index (χ2n) is 8.70. The van der Waals surface area contributed by atoms with Gasteiger partial charge in [-0.25, -0.2) is 0 Å². The summed E-state index contributed by atoms with van der Waals surface area (Å²) in [5, 5.41) is 9.24. The van der Waals surface area contributed by atoms with Crippen LogP contribution in [0.2, 0.25) is 0 Å². The van der Waals surface area contributed by atoms with Crippen molar-refractivity contribution in [3.63, 3.8) is 0 Å². The highest BCUT2D eigenvalue weighted by atomic mass is 16.5. The van der Waals surface area contributed by atoms with Gasteiger partial charge in [0.2, 0.25) is 0 Å². The Morgan fingerprint density at radius 1 is 1.30 bits per heavy atom. The first-order valence-electron chi connectivity index (χ1n) is 10.2. The van der Waals surface area contributed by atoms with Gasteiger partial charge in [-0.05, 0) is 83.7 Å². The number of benzene rings is 1. The molecular formula is C22H33N3O2. The predicted octanol–water partition coefficient (Wildman–Crippen LogP) is 4.12. The van der Waals surface area contributed by atoms with Gasteiger partial charge in [0.1, 0.15) is 0 Å². The number of carbonyl (C=O) groups excluding carboxylic acids is 1. The summed E-state index contributed by atoms with van der Waals surface area (Å²) in [6.45, 7) is 11.9. The van der Waals surface area contributed by atoms with E-state index in [1.54, 1.807) is 0 Å². The summed E-state index contributed by atoms with van der Waals surface area (Å²) in [6.07, 6.45) is 5.80. The molecule has 3 rings (SSSR count). The lowest BCUT2D eigenvalue weighted by Gasteiger charge is -2.22. The van der Waals surface area contributed by atoms with Gasteiger partial charge in [-0.2, -0.15) is 5.10 Å². The monoisotopic (exact) mass is 371 g/mol. The van der Waals surface area contributed by atoms with Crippen LogP contribution in [0.5, 0.6) is 0 Å². The van der Waals surface area contributed by atoms with E-state index >= 15 is 0 Å². The molecule has 1 saturated heterocycles. The maximum Gasteiger partial charge on any atom is 0.163 e. The zero-order valence-corrected chi connectivity index (χ0v) is 17.2. The van der Waals surface area contributed by atoms with Crippen molar-refractivity contribution in [3.05, 3.63) is 29.5 Å². The molecule has 0 radical (unpaired) electrons. The van der Waals surface area contributed by atoms with Crippen LogP contribution in [-0.4, -0.2) is 40.9 Å². The van der Waals surface area contributed by atoms with Crippen LogP contribution in [0, 0.1) is 12.8 Å². The SMILES string of the molecule is Cc1c(C(=O)CCCOC(C)(C)C)ccc2nn(CC3CCNCC3)cc12. The fraction of sp³-hybridized carbons (Fsp3) is 0.636. The molecule has 1 aromatic heterocycles. The standard InChI is InChI=1S/C22H33N3O2/c1-16-18(21(26)6-5-13-27-22(2,3)4)7-8-20-19(16)15-25(24-20)14-17-9-11-23-12-10-17/h7-8,15,17,23H,5-6,9-14H2,1-4H3. The number of carbonyl (C=O) groups is 1. The number of ether oxygens (including phenoxy) is 1. The molecule has 0 saturated carbocycles. The van der Waals surface area contributed by atoms with E-state index in [1.165, 1.54) is 12.8 Å². The van der Waals surface area contributed by atoms with E-state index in [-0.39, 0.29) is 11.4 Å². The average molecular weight is 372 g/mol. The van der Waals surface area contributed by atoms with E-state index in [0.29, 0.717) is 18.9 Å². The van der Waals surface area contributed by atoms with Crippen molar-refractivity contribution in [2.24, 2.45) is 5.92 Å². The Balaban J connectivity index is 1.66. The normalized spacial score (nSPS) is 16.1. The van der Waals surface area contributed by atoms with Crippen LogP contribution in [0.1, 0.15) is 62.4 Å². The molecule has 5 nitrogen and oxygen atoms in total. The number of nitrogens with zero attached hydrogens (tertiary/aromatic N) is 2. The first-order chi connectivity index (χ1) is 12.8. The van der Waals surface area contributed by atoms with E-state index in [9.17, 15) is 4.79 Å². The average Bonchev–Trinajstić information content (AvgIpc) is 3.02. The number of hydrogen-bond acceptors (Lipinski definition) is 4. The van der Waals surface area contributed by atoms with Gasteiger partial charge < -0.3 is 10.1 Å². The van der Waals surface area contributed by atoms with Gasteiger partial charge in [0.15, 0.2) is 5.78 Å². The first kappa shape index (κ1) is 20.0. The third-order valence-electron chi connectivity index (χ3n) is 5.29. The van der Waals surface area contributed by atoms with Crippen molar-refractivity contribution < 1.29 is 9.53 Å². The van der Waals surface area contributed by atoms with Gasteiger partial charge in [0.25, 0.3) is 0 Å². The number of Topliss-reactive ketones (excluding diaryl/α,β-unsaturated/α-hetero) is 1. The molecule has 2 heterocycles. The fourth-order valence-electron chi connectivity index (χ4n) is 3.75. The van der Waals surface area contributed by atoms with E-state index in [1.807, 2.05) is 39.8 Å². The Labute approximate surface area is 162 Å². The van der Waals surface area contributed by atoms with Crippen LogP contribution in [0.15, 0.2) is 18.3 Å². The van der Waals surface area contributed by atoms with E-state index < -0.39 is 0 Å². The quantitative estimate of drug-likeness (QED) is 0.587. The number of fused-ring (bicyclic) bond motifs is 1. The molecule has 0 amide bonds. The smallest absolute Gasteiger partial charge is 0.163 e. The number of rotatable bonds is 7. The third-order valence-corrected chi connectivity index (χ3v) is 5.29. The van der Waals surface area contributed by atoms with Gasteiger partial charge in [-0.1, -0.05) is 0 Å². The summed E-state index contributed by atoms with van der Waals surface area (Å²) in [6, 6.07) is 3.92. The molecule has 0 aliphatic carbocycles. The molecule has 148 valence electrons.